The second-order valence-electron chi connectivity index (χ2n) is 6.10. The number of hydrogen-bond acceptors (Lipinski definition) is 3. The number of benzene rings is 1. The molecular weight excluding hydrogens is 337 g/mol. The van der Waals surface area contributed by atoms with E-state index in [1.54, 1.807) is 6.07 Å². The van der Waals surface area contributed by atoms with Crippen LogP contribution in [0.1, 0.15) is 43.0 Å². The molecule has 0 bridgehead atoms. The predicted octanol–water partition coefficient (Wildman–Crippen LogP) is 4.41. The van der Waals surface area contributed by atoms with Crippen molar-refractivity contribution in [2.24, 2.45) is 5.92 Å². The van der Waals surface area contributed by atoms with Gasteiger partial charge >= 0.3 is 5.63 Å². The van der Waals surface area contributed by atoms with Crippen LogP contribution < -0.4 is 10.9 Å². The standard InChI is InChI=1S/C17H17Cl2NO3/c1-9-4-2-3-5-14(9)20-16(21)12-7-10-6-11(18)8-13(19)15(10)23-17(12)22/h6-9,14H,2-5H2,1H3,(H,20,21)/t9-,14+/m0/s1. The Morgan fingerprint density at radius 1 is 1.22 bits per heavy atom. The predicted molar refractivity (Wildman–Crippen MR) is 91.4 cm³/mol. The van der Waals surface area contributed by atoms with E-state index in [0.717, 1.165) is 19.3 Å². The minimum Gasteiger partial charge on any atom is -0.421 e. The lowest BCUT2D eigenvalue weighted by Gasteiger charge is -2.29. The largest absolute Gasteiger partial charge is 0.421 e. The molecule has 122 valence electrons. The summed E-state index contributed by atoms with van der Waals surface area (Å²) in [6, 6.07) is 4.69. The zero-order valence-corrected chi connectivity index (χ0v) is 14.2. The number of carbonyl (C=O) groups excluding carboxylic acids is 1. The Kier molecular flexibility index (Phi) is 4.64. The highest BCUT2D eigenvalue weighted by Gasteiger charge is 2.25. The molecule has 1 amide bonds. The zero-order chi connectivity index (χ0) is 16.6. The number of hydrogen-bond donors (Lipinski definition) is 1. The van der Waals surface area contributed by atoms with Crippen LogP contribution in [0.5, 0.6) is 0 Å². The lowest BCUT2D eigenvalue weighted by molar-refractivity contribution is 0.0906. The number of fused-ring (bicyclic) bond motifs is 1. The zero-order valence-electron chi connectivity index (χ0n) is 12.7. The fraction of sp³-hybridized carbons (Fsp3) is 0.412. The molecule has 1 aliphatic carbocycles. The SMILES string of the molecule is C[C@H]1CCCC[C@H]1NC(=O)c1cc2cc(Cl)cc(Cl)c2oc1=O. The summed E-state index contributed by atoms with van der Waals surface area (Å²) in [4.78, 5) is 24.6. The maximum absolute atomic E-state index is 12.5. The van der Waals surface area contributed by atoms with E-state index in [-0.39, 0.29) is 22.2 Å². The quantitative estimate of drug-likeness (QED) is 0.813. The summed E-state index contributed by atoms with van der Waals surface area (Å²) in [7, 11) is 0. The Bertz CT molecular complexity index is 815. The second-order valence-corrected chi connectivity index (χ2v) is 6.94. The third-order valence-electron chi connectivity index (χ3n) is 4.42. The maximum atomic E-state index is 12.5. The minimum atomic E-state index is -0.692. The van der Waals surface area contributed by atoms with Crippen LogP contribution in [0.3, 0.4) is 0 Å². The third-order valence-corrected chi connectivity index (χ3v) is 4.92. The smallest absolute Gasteiger partial charge is 0.349 e. The van der Waals surface area contributed by atoms with Crippen molar-refractivity contribution in [2.45, 2.75) is 38.6 Å². The molecule has 2 atom stereocenters. The van der Waals surface area contributed by atoms with Crippen molar-refractivity contribution in [2.75, 3.05) is 0 Å². The van der Waals surface area contributed by atoms with Crippen LogP contribution in [-0.4, -0.2) is 11.9 Å². The van der Waals surface area contributed by atoms with E-state index in [0.29, 0.717) is 16.3 Å². The first-order valence-corrected chi connectivity index (χ1v) is 8.45. The molecule has 0 saturated heterocycles. The third kappa shape index (κ3) is 3.38. The first-order valence-electron chi connectivity index (χ1n) is 7.69. The van der Waals surface area contributed by atoms with Gasteiger partial charge in [-0.1, -0.05) is 43.0 Å². The van der Waals surface area contributed by atoms with E-state index in [2.05, 4.69) is 12.2 Å². The van der Waals surface area contributed by atoms with Crippen LogP contribution in [0.25, 0.3) is 11.0 Å². The summed E-state index contributed by atoms with van der Waals surface area (Å²) in [5.41, 5.74) is -0.472. The molecule has 0 radical (unpaired) electrons. The van der Waals surface area contributed by atoms with E-state index < -0.39 is 11.5 Å². The van der Waals surface area contributed by atoms with E-state index in [4.69, 9.17) is 27.6 Å². The van der Waals surface area contributed by atoms with Crippen LogP contribution in [0.2, 0.25) is 10.0 Å². The first kappa shape index (κ1) is 16.3. The highest BCUT2D eigenvalue weighted by molar-refractivity contribution is 6.38. The summed E-state index contributed by atoms with van der Waals surface area (Å²) >= 11 is 12.0. The molecule has 1 heterocycles. The van der Waals surface area contributed by atoms with Gasteiger partial charge in [-0.25, -0.2) is 4.79 Å². The minimum absolute atomic E-state index is 0.0198. The van der Waals surface area contributed by atoms with Crippen molar-refractivity contribution < 1.29 is 9.21 Å². The Morgan fingerprint density at radius 3 is 2.70 bits per heavy atom. The molecule has 1 saturated carbocycles. The van der Waals surface area contributed by atoms with Crippen molar-refractivity contribution in [3.8, 4) is 0 Å². The molecule has 0 aliphatic heterocycles. The van der Waals surface area contributed by atoms with Crippen molar-refractivity contribution >= 4 is 40.1 Å². The molecule has 1 aliphatic rings. The lowest BCUT2D eigenvalue weighted by Crippen LogP contribution is -2.42. The fourth-order valence-electron chi connectivity index (χ4n) is 3.09. The Balaban J connectivity index is 1.94. The molecular formula is C17H17Cl2NO3. The van der Waals surface area contributed by atoms with Crippen LogP contribution in [0, 0.1) is 5.92 Å². The number of rotatable bonds is 2. The van der Waals surface area contributed by atoms with Crippen LogP contribution in [0.15, 0.2) is 27.4 Å². The number of halogens is 2. The van der Waals surface area contributed by atoms with Gasteiger partial charge in [-0.05, 0) is 37.0 Å². The van der Waals surface area contributed by atoms with E-state index in [9.17, 15) is 9.59 Å². The van der Waals surface area contributed by atoms with Gasteiger partial charge in [-0.15, -0.1) is 0 Å². The maximum Gasteiger partial charge on any atom is 0.349 e. The van der Waals surface area contributed by atoms with Crippen molar-refractivity contribution in [1.82, 2.24) is 5.32 Å². The van der Waals surface area contributed by atoms with Crippen LogP contribution in [-0.2, 0) is 0 Å². The Labute approximate surface area is 143 Å². The van der Waals surface area contributed by atoms with Crippen molar-refractivity contribution in [3.63, 3.8) is 0 Å². The van der Waals surface area contributed by atoms with Gasteiger partial charge in [-0.2, -0.15) is 0 Å². The van der Waals surface area contributed by atoms with Gasteiger partial charge in [0, 0.05) is 16.5 Å². The van der Waals surface area contributed by atoms with Crippen LogP contribution in [0.4, 0.5) is 0 Å². The molecule has 3 rings (SSSR count). The Morgan fingerprint density at radius 2 is 1.96 bits per heavy atom. The summed E-state index contributed by atoms with van der Waals surface area (Å²) < 4.78 is 5.21. The molecule has 1 aromatic heterocycles. The van der Waals surface area contributed by atoms with Gasteiger partial charge in [0.25, 0.3) is 5.91 Å². The number of carbonyl (C=O) groups is 1. The van der Waals surface area contributed by atoms with Gasteiger partial charge < -0.3 is 9.73 Å². The molecule has 4 nitrogen and oxygen atoms in total. The van der Waals surface area contributed by atoms with E-state index in [1.807, 2.05) is 0 Å². The molecule has 6 heteroatoms. The molecule has 2 aromatic rings. The average molecular weight is 354 g/mol. The van der Waals surface area contributed by atoms with E-state index in [1.165, 1.54) is 18.6 Å². The molecule has 23 heavy (non-hydrogen) atoms. The first-order chi connectivity index (χ1) is 11.0. The fourth-order valence-corrected chi connectivity index (χ4v) is 3.64. The topological polar surface area (TPSA) is 59.3 Å². The monoisotopic (exact) mass is 353 g/mol. The summed E-state index contributed by atoms with van der Waals surface area (Å²) in [6.45, 7) is 2.12. The van der Waals surface area contributed by atoms with Gasteiger partial charge in [0.1, 0.15) is 5.56 Å². The molecule has 1 aromatic carbocycles. The van der Waals surface area contributed by atoms with E-state index >= 15 is 0 Å². The van der Waals surface area contributed by atoms with Gasteiger partial charge in [0.15, 0.2) is 5.58 Å². The molecule has 0 spiro atoms. The van der Waals surface area contributed by atoms with Crippen LogP contribution >= 0.6 is 23.2 Å². The Hall–Kier alpha value is -1.52. The van der Waals surface area contributed by atoms with Crippen molar-refractivity contribution in [3.05, 3.63) is 44.2 Å². The highest BCUT2D eigenvalue weighted by Crippen LogP contribution is 2.28. The van der Waals surface area contributed by atoms with Crippen molar-refractivity contribution in [1.29, 1.82) is 0 Å². The molecule has 1 N–H and O–H groups in total. The highest BCUT2D eigenvalue weighted by atomic mass is 35.5. The van der Waals surface area contributed by atoms with Gasteiger partial charge in [-0.3, -0.25) is 4.79 Å². The molecule has 0 unspecified atom stereocenters. The van der Waals surface area contributed by atoms with Gasteiger partial charge in [0.05, 0.1) is 5.02 Å². The summed E-state index contributed by atoms with van der Waals surface area (Å²) in [5, 5.41) is 4.15. The average Bonchev–Trinajstić information content (AvgIpc) is 2.49. The number of amides is 1. The molecule has 1 fully saturated rings. The summed E-state index contributed by atoms with van der Waals surface area (Å²) in [5.74, 6) is -0.000385. The second kappa shape index (κ2) is 6.54. The van der Waals surface area contributed by atoms with Gasteiger partial charge in [0.2, 0.25) is 0 Å². The summed E-state index contributed by atoms with van der Waals surface area (Å²) in [6.07, 6.45) is 4.29. The normalized spacial score (nSPS) is 21.3. The number of nitrogens with one attached hydrogen (secondary N) is 1. The lowest BCUT2D eigenvalue weighted by atomic mass is 9.86.